The van der Waals surface area contributed by atoms with Gasteiger partial charge in [0.15, 0.2) is 0 Å². The summed E-state index contributed by atoms with van der Waals surface area (Å²) < 4.78 is 0.451. The van der Waals surface area contributed by atoms with Crippen LogP contribution in [-0.4, -0.2) is 46.2 Å². The number of nitrogens with two attached hydrogens (primary N) is 2. The fraction of sp³-hybridized carbons (Fsp3) is 0.833. The van der Waals surface area contributed by atoms with Crippen molar-refractivity contribution in [3.8, 4) is 0 Å². The van der Waals surface area contributed by atoms with Crippen molar-refractivity contribution in [2.45, 2.75) is 22.8 Å². The number of carbonyl (C=O) groups is 1. The van der Waals surface area contributed by atoms with Gasteiger partial charge in [-0.05, 0) is 0 Å². The van der Waals surface area contributed by atoms with E-state index < -0.39 is 12.0 Å². The van der Waals surface area contributed by atoms with Crippen LogP contribution >= 0.6 is 0 Å². The van der Waals surface area contributed by atoms with Crippen LogP contribution in [0.4, 0.5) is 0 Å². The Balaban J connectivity index is 3.45. The number of rotatable bonds is 5. The van der Waals surface area contributed by atoms with Crippen LogP contribution in [0, 0.1) is 0 Å². The van der Waals surface area contributed by atoms with Crippen molar-refractivity contribution in [3.05, 3.63) is 0 Å². The molecule has 1 unspecified atom stereocenters. The van der Waals surface area contributed by atoms with Gasteiger partial charge in [-0.15, -0.1) is 0 Å². The van der Waals surface area contributed by atoms with Crippen molar-refractivity contribution >= 4 is 28.5 Å². The van der Waals surface area contributed by atoms with E-state index >= 15 is 0 Å². The van der Waals surface area contributed by atoms with Crippen molar-refractivity contribution in [2.24, 2.45) is 11.5 Å². The number of hydrogen-bond acceptors (Lipinski definition) is 3. The molecular formula is C6H13N2O2Sn. The molecule has 0 aromatic heterocycles. The fourth-order valence-corrected chi connectivity index (χ4v) is 1.10. The normalized spacial score (nSPS) is 15.9. The Hall–Kier alpha value is 0.189. The molecule has 5 heteroatoms. The monoisotopic (exact) mass is 265 g/mol. The summed E-state index contributed by atoms with van der Waals surface area (Å²) in [4.78, 5) is 10.3. The van der Waals surface area contributed by atoms with E-state index in [2.05, 4.69) is 0 Å². The van der Waals surface area contributed by atoms with E-state index in [-0.39, 0.29) is 0 Å². The first kappa shape index (κ1) is 11.2. The van der Waals surface area contributed by atoms with Gasteiger partial charge in [0.2, 0.25) is 0 Å². The number of aliphatic carboxylic acids is 1. The van der Waals surface area contributed by atoms with E-state index in [0.29, 0.717) is 16.9 Å². The van der Waals surface area contributed by atoms with Gasteiger partial charge in [-0.3, -0.25) is 0 Å². The summed E-state index contributed by atoms with van der Waals surface area (Å²) in [6.45, 7) is 0.630. The van der Waals surface area contributed by atoms with Crippen LogP contribution in [0.1, 0.15) is 12.8 Å². The van der Waals surface area contributed by atoms with Gasteiger partial charge in [-0.2, -0.15) is 0 Å². The average Bonchev–Trinajstić information content (AvgIpc) is 1.99. The molecule has 63 valence electrons. The second-order valence-corrected chi connectivity index (χ2v) is 4.79. The summed E-state index contributed by atoms with van der Waals surface area (Å²) in [7, 11) is 0. The third-order valence-corrected chi connectivity index (χ3v) is 2.92. The number of hydrogen-bond donors (Lipinski definition) is 3. The molecule has 0 aliphatic heterocycles. The van der Waals surface area contributed by atoms with Crippen molar-refractivity contribution < 1.29 is 9.90 Å². The Kier molecular flexibility index (Phi) is 5.89. The van der Waals surface area contributed by atoms with Gasteiger partial charge < -0.3 is 0 Å². The first-order valence-electron chi connectivity index (χ1n) is 3.47. The molecule has 0 rings (SSSR count). The molecule has 0 amide bonds. The Labute approximate surface area is 79.4 Å². The van der Waals surface area contributed by atoms with E-state index in [1.54, 1.807) is 0 Å². The fourth-order valence-electron chi connectivity index (χ4n) is 0.622. The van der Waals surface area contributed by atoms with Gasteiger partial charge in [0.25, 0.3) is 0 Å². The molecule has 0 fully saturated rings. The van der Waals surface area contributed by atoms with Gasteiger partial charge in [-0.25, -0.2) is 0 Å². The molecule has 0 aliphatic rings. The van der Waals surface area contributed by atoms with Crippen LogP contribution in [0.15, 0.2) is 0 Å². The summed E-state index contributed by atoms with van der Waals surface area (Å²) in [5.41, 5.74) is 10.7. The quantitative estimate of drug-likeness (QED) is 0.561. The Bertz CT molecular complexity index is 132. The zero-order valence-corrected chi connectivity index (χ0v) is 9.14. The van der Waals surface area contributed by atoms with Crippen molar-refractivity contribution in [1.29, 1.82) is 0 Å². The minimum atomic E-state index is -0.926. The van der Waals surface area contributed by atoms with Crippen LogP contribution in [0.5, 0.6) is 0 Å². The zero-order valence-electron chi connectivity index (χ0n) is 6.29. The van der Waals surface area contributed by atoms with Gasteiger partial charge in [0.1, 0.15) is 0 Å². The molecule has 0 saturated heterocycles. The van der Waals surface area contributed by atoms with Crippen LogP contribution in [0.3, 0.4) is 0 Å². The van der Waals surface area contributed by atoms with E-state index in [4.69, 9.17) is 16.6 Å². The van der Waals surface area contributed by atoms with Gasteiger partial charge in [-0.1, -0.05) is 0 Å². The third kappa shape index (κ3) is 5.46. The topological polar surface area (TPSA) is 89.3 Å². The predicted molar refractivity (Wildman–Crippen MR) is 43.4 cm³/mol. The summed E-state index contributed by atoms with van der Waals surface area (Å²) in [5.74, 6) is -0.926. The molecule has 0 aliphatic carbocycles. The van der Waals surface area contributed by atoms with E-state index in [9.17, 15) is 4.79 Å². The maximum atomic E-state index is 10.3. The molecule has 3 radical (unpaired) electrons. The SMILES string of the molecule is NC[CH]([Sn])CC[C@H](N)C(=O)O. The van der Waals surface area contributed by atoms with Crippen LogP contribution in [0.2, 0.25) is 3.93 Å². The van der Waals surface area contributed by atoms with E-state index in [1.807, 2.05) is 0 Å². The second kappa shape index (κ2) is 5.79. The van der Waals surface area contributed by atoms with Crippen molar-refractivity contribution in [1.82, 2.24) is 0 Å². The molecule has 11 heavy (non-hydrogen) atoms. The van der Waals surface area contributed by atoms with Crippen LogP contribution in [0.25, 0.3) is 0 Å². The third-order valence-electron chi connectivity index (χ3n) is 1.43. The van der Waals surface area contributed by atoms with Crippen molar-refractivity contribution in [2.75, 3.05) is 6.54 Å². The molecule has 4 nitrogen and oxygen atoms in total. The van der Waals surface area contributed by atoms with Gasteiger partial charge in [0, 0.05) is 0 Å². The molecule has 0 bridgehead atoms. The number of carboxylic acid groups (broad SMARTS) is 1. The predicted octanol–water partition coefficient (Wildman–Crippen LogP) is -0.906. The summed E-state index contributed by atoms with van der Waals surface area (Å²) >= 11 is 1.36. The Morgan fingerprint density at radius 1 is 1.55 bits per heavy atom. The second-order valence-electron chi connectivity index (χ2n) is 2.45. The standard InChI is InChI=1S/C6H13N2O2.Sn/c7-4-2-1-3-5(8)6(9)10;/h2,5H,1,3-4,7-8H2,(H,9,10);/t5-;/m0./s1. The van der Waals surface area contributed by atoms with Crippen LogP contribution in [-0.2, 0) is 4.79 Å². The Morgan fingerprint density at radius 2 is 2.09 bits per heavy atom. The first-order chi connectivity index (χ1) is 5.07. The van der Waals surface area contributed by atoms with Crippen molar-refractivity contribution in [3.63, 3.8) is 0 Å². The molecule has 0 saturated carbocycles. The molecule has 2 atom stereocenters. The molecule has 0 heterocycles. The molecular weight excluding hydrogens is 251 g/mol. The van der Waals surface area contributed by atoms with E-state index in [1.165, 1.54) is 22.5 Å². The minimum absolute atomic E-state index is 0.451. The zero-order chi connectivity index (χ0) is 8.85. The molecule has 0 aromatic rings. The summed E-state index contributed by atoms with van der Waals surface area (Å²) in [6.07, 6.45) is 1.35. The molecule has 0 spiro atoms. The molecule has 5 N–H and O–H groups in total. The summed E-state index contributed by atoms with van der Waals surface area (Å²) in [6, 6.07) is -0.718. The first-order valence-corrected chi connectivity index (χ1v) is 5.12. The average molecular weight is 264 g/mol. The summed E-state index contributed by atoms with van der Waals surface area (Å²) in [5, 5.41) is 8.42. The van der Waals surface area contributed by atoms with Crippen LogP contribution < -0.4 is 11.5 Å². The van der Waals surface area contributed by atoms with E-state index in [0.717, 1.165) is 6.42 Å². The Morgan fingerprint density at radius 3 is 2.45 bits per heavy atom. The number of carboxylic acids is 1. The van der Waals surface area contributed by atoms with Gasteiger partial charge in [0.05, 0.1) is 0 Å². The molecule has 0 aromatic carbocycles. The maximum absolute atomic E-state index is 10.3. The van der Waals surface area contributed by atoms with Gasteiger partial charge >= 0.3 is 79.2 Å².